The van der Waals surface area contributed by atoms with Gasteiger partial charge in [0.05, 0.1) is 0 Å². The summed E-state index contributed by atoms with van der Waals surface area (Å²) in [5.41, 5.74) is 0. The van der Waals surface area contributed by atoms with Crippen LogP contribution in [-0.4, -0.2) is 14.5 Å². The van der Waals surface area contributed by atoms with Gasteiger partial charge >= 0.3 is 142 Å². The standard InChI is InChI=1S/C16H16ClO3PSe/c1-14(17)12-13-22-21(18,19-15-8-4-2-5-9-15)20-16-10-6-3-7-11-16/h2-12H,13H2,1H3/b14-12+. The van der Waals surface area contributed by atoms with E-state index in [9.17, 15) is 4.57 Å². The molecule has 0 N–H and O–H groups in total. The zero-order valence-corrected chi connectivity index (χ0v) is 15.4. The molecule has 0 saturated heterocycles. The number of hydrogen-bond donors (Lipinski definition) is 0. The normalized spacial score (nSPS) is 12.0. The molecule has 6 heteroatoms. The maximum atomic E-state index is 13.0. The first-order valence-corrected chi connectivity index (χ1v) is 12.0. The van der Waals surface area contributed by atoms with Gasteiger partial charge in [0.25, 0.3) is 0 Å². The molecule has 0 fully saturated rings. The zero-order chi connectivity index (χ0) is 15.8. The number of halogens is 1. The molecular weight excluding hydrogens is 386 g/mol. The molecule has 0 atom stereocenters. The Hall–Kier alpha value is -1.18. The van der Waals surface area contributed by atoms with Gasteiger partial charge in [0.2, 0.25) is 0 Å². The maximum absolute atomic E-state index is 13.0. The van der Waals surface area contributed by atoms with Gasteiger partial charge in [0, 0.05) is 0 Å². The summed E-state index contributed by atoms with van der Waals surface area (Å²) in [6.07, 6.45) is -1.43. The first-order chi connectivity index (χ1) is 10.6. The Morgan fingerprint density at radius 3 is 1.91 bits per heavy atom. The Morgan fingerprint density at radius 1 is 1.05 bits per heavy atom. The van der Waals surface area contributed by atoms with Gasteiger partial charge in [-0.1, -0.05) is 0 Å². The van der Waals surface area contributed by atoms with E-state index in [1.165, 1.54) is 0 Å². The molecule has 2 aromatic rings. The van der Waals surface area contributed by atoms with Crippen LogP contribution in [0.5, 0.6) is 11.5 Å². The Labute approximate surface area is 141 Å². The second-order valence-electron chi connectivity index (χ2n) is 4.34. The van der Waals surface area contributed by atoms with E-state index in [4.69, 9.17) is 20.6 Å². The summed E-state index contributed by atoms with van der Waals surface area (Å²) in [5, 5.41) is 1.26. The third-order valence-corrected chi connectivity index (χ3v) is 8.22. The number of allylic oxidation sites excluding steroid dienone is 2. The molecule has 116 valence electrons. The summed E-state index contributed by atoms with van der Waals surface area (Å²) < 4.78 is 24.4. The second-order valence-corrected chi connectivity index (χ2v) is 11.6. The van der Waals surface area contributed by atoms with Crippen LogP contribution in [0.2, 0.25) is 5.32 Å². The van der Waals surface area contributed by atoms with Crippen LogP contribution in [0.3, 0.4) is 0 Å². The molecule has 0 aliphatic heterocycles. The third kappa shape index (κ3) is 5.90. The van der Waals surface area contributed by atoms with Crippen molar-refractivity contribution in [3.05, 3.63) is 71.8 Å². The van der Waals surface area contributed by atoms with E-state index < -0.39 is 6.29 Å². The van der Waals surface area contributed by atoms with Crippen LogP contribution in [-0.2, 0) is 4.57 Å². The van der Waals surface area contributed by atoms with Crippen LogP contribution >= 0.6 is 17.9 Å². The molecule has 0 unspecified atom stereocenters. The van der Waals surface area contributed by atoms with Crippen LogP contribution in [0, 0.1) is 0 Å². The van der Waals surface area contributed by atoms with E-state index >= 15 is 0 Å². The van der Waals surface area contributed by atoms with Crippen molar-refractivity contribution in [3.8, 4) is 11.5 Å². The third-order valence-electron chi connectivity index (χ3n) is 2.52. The van der Waals surface area contributed by atoms with Crippen molar-refractivity contribution < 1.29 is 13.6 Å². The van der Waals surface area contributed by atoms with Crippen molar-refractivity contribution in [2.45, 2.75) is 12.2 Å². The molecule has 3 nitrogen and oxygen atoms in total. The summed E-state index contributed by atoms with van der Waals surface area (Å²) in [6.45, 7) is 1.79. The number of para-hydroxylation sites is 2. The summed E-state index contributed by atoms with van der Waals surface area (Å²) in [7, 11) is 0. The van der Waals surface area contributed by atoms with E-state index in [1.54, 1.807) is 31.2 Å². The van der Waals surface area contributed by atoms with Crippen LogP contribution in [0.25, 0.3) is 0 Å². The first kappa shape index (κ1) is 17.2. The molecule has 0 saturated carbocycles. The van der Waals surface area contributed by atoms with Gasteiger partial charge < -0.3 is 0 Å². The molecule has 0 aliphatic carbocycles. The summed E-state index contributed by atoms with van der Waals surface area (Å²) in [4.78, 5) is 0. The monoisotopic (exact) mass is 402 g/mol. The van der Waals surface area contributed by atoms with Crippen LogP contribution in [0.1, 0.15) is 6.92 Å². The Morgan fingerprint density at radius 2 is 1.50 bits per heavy atom. The van der Waals surface area contributed by atoms with Crippen LogP contribution in [0.15, 0.2) is 71.8 Å². The van der Waals surface area contributed by atoms with E-state index in [0.717, 1.165) is 0 Å². The van der Waals surface area contributed by atoms with Crippen molar-refractivity contribution >= 4 is 32.4 Å². The number of rotatable bonds is 7. The van der Waals surface area contributed by atoms with Crippen molar-refractivity contribution in [1.29, 1.82) is 0 Å². The van der Waals surface area contributed by atoms with Gasteiger partial charge in [0.1, 0.15) is 0 Å². The SMILES string of the molecule is C/C(Cl)=C\C[Se]P(=O)(Oc1ccccc1)Oc1ccccc1. The van der Waals surface area contributed by atoms with Crippen LogP contribution in [0.4, 0.5) is 0 Å². The zero-order valence-electron chi connectivity index (χ0n) is 12.0. The van der Waals surface area contributed by atoms with E-state index in [2.05, 4.69) is 0 Å². The van der Waals surface area contributed by atoms with Gasteiger partial charge in [-0.15, -0.1) is 0 Å². The molecular formula is C16H16ClO3PSe. The van der Waals surface area contributed by atoms with E-state index in [-0.39, 0.29) is 14.5 Å². The summed E-state index contributed by atoms with van der Waals surface area (Å²) in [6, 6.07) is 18.1. The second kappa shape index (κ2) is 8.45. The quantitative estimate of drug-likeness (QED) is 0.453. The topological polar surface area (TPSA) is 35.5 Å². The predicted molar refractivity (Wildman–Crippen MR) is 91.9 cm³/mol. The molecule has 0 aliphatic rings. The van der Waals surface area contributed by atoms with Crippen molar-refractivity contribution in [3.63, 3.8) is 0 Å². The Bertz CT molecular complexity index is 612. The van der Waals surface area contributed by atoms with Crippen LogP contribution < -0.4 is 9.05 Å². The van der Waals surface area contributed by atoms with Gasteiger partial charge in [-0.25, -0.2) is 0 Å². The molecule has 2 aromatic carbocycles. The van der Waals surface area contributed by atoms with Gasteiger partial charge in [0.15, 0.2) is 0 Å². The summed E-state index contributed by atoms with van der Waals surface area (Å²) >= 11 is 5.45. The van der Waals surface area contributed by atoms with E-state index in [0.29, 0.717) is 21.9 Å². The molecule has 0 amide bonds. The molecule has 0 aromatic heterocycles. The Balaban J connectivity index is 2.15. The molecule has 22 heavy (non-hydrogen) atoms. The average molecular weight is 402 g/mol. The predicted octanol–water partition coefficient (Wildman–Crippen LogP) is 5.52. The molecule has 0 heterocycles. The van der Waals surface area contributed by atoms with E-state index in [1.807, 2.05) is 42.5 Å². The number of benzene rings is 2. The van der Waals surface area contributed by atoms with Gasteiger partial charge in [-0.05, 0) is 0 Å². The molecule has 0 spiro atoms. The molecule has 0 bridgehead atoms. The average Bonchev–Trinajstić information content (AvgIpc) is 2.48. The fraction of sp³-hybridized carbons (Fsp3) is 0.125. The fourth-order valence-corrected chi connectivity index (χ4v) is 6.87. The van der Waals surface area contributed by atoms with Gasteiger partial charge in [-0.3, -0.25) is 0 Å². The van der Waals surface area contributed by atoms with Crippen molar-refractivity contribution in [2.24, 2.45) is 0 Å². The summed E-state index contributed by atoms with van der Waals surface area (Å²) in [5.74, 6) is 1.07. The van der Waals surface area contributed by atoms with Gasteiger partial charge in [-0.2, -0.15) is 0 Å². The fourth-order valence-electron chi connectivity index (χ4n) is 1.54. The van der Waals surface area contributed by atoms with Crippen molar-refractivity contribution in [1.82, 2.24) is 0 Å². The molecule has 2 rings (SSSR count). The van der Waals surface area contributed by atoms with Crippen molar-refractivity contribution in [2.75, 3.05) is 0 Å². The first-order valence-electron chi connectivity index (χ1n) is 6.63. The minimum absolute atomic E-state index is 0.380. The minimum atomic E-state index is -3.26. The number of hydrogen-bond acceptors (Lipinski definition) is 3. The Kier molecular flexibility index (Phi) is 6.60. The molecule has 0 radical (unpaired) electrons.